The van der Waals surface area contributed by atoms with Crippen LogP contribution in [0.3, 0.4) is 0 Å². The molecule has 0 aliphatic rings. The third-order valence-corrected chi connectivity index (χ3v) is 5.82. The fraction of sp³-hybridized carbons (Fsp3) is 0.630. The second-order valence-corrected chi connectivity index (χ2v) is 10.1. The lowest BCUT2D eigenvalue weighted by Crippen LogP contribution is -2.37. The molecule has 0 N–H and O–H groups in total. The number of alkyl halides is 3. The summed E-state index contributed by atoms with van der Waals surface area (Å²) in [6.07, 6.45) is 3.19. The molecule has 0 aliphatic heterocycles. The van der Waals surface area contributed by atoms with E-state index in [1.807, 2.05) is 0 Å². The number of aryl methyl sites for hydroxylation is 2. The quantitative estimate of drug-likeness (QED) is 0.0582. The van der Waals surface area contributed by atoms with Gasteiger partial charge in [-0.3, -0.25) is 13.8 Å². The Bertz CT molecular complexity index is 1200. The molecule has 43 heavy (non-hydrogen) atoms. The average Bonchev–Trinajstić information content (AvgIpc) is 3.18. The van der Waals surface area contributed by atoms with Crippen molar-refractivity contribution >= 4 is 50.8 Å². The number of carbonyl (C=O) groups is 2. The molecule has 1 aromatic carbocycles. The lowest BCUT2D eigenvalue weighted by atomic mass is 10.2. The molecule has 0 spiro atoms. The molecule has 0 amide bonds. The summed E-state index contributed by atoms with van der Waals surface area (Å²) in [4.78, 5) is 24.3. The van der Waals surface area contributed by atoms with E-state index in [1.165, 1.54) is 47.2 Å². The predicted octanol–water partition coefficient (Wildman–Crippen LogP) is 5.07. The minimum Gasteiger partial charge on any atom is -0.726 e. The van der Waals surface area contributed by atoms with E-state index < -0.39 is 22.4 Å². The number of esters is 2. The monoisotopic (exact) mass is 657 g/mol. The minimum atomic E-state index is -4.41. The number of aromatic nitrogens is 2. The maximum Gasteiger partial charge on any atom is 0.495 e. The van der Waals surface area contributed by atoms with Crippen LogP contribution in [-0.4, -0.2) is 61.5 Å². The zero-order chi connectivity index (χ0) is 33.5. The molecule has 0 saturated carbocycles. The van der Waals surface area contributed by atoms with Crippen molar-refractivity contribution in [3.63, 3.8) is 0 Å². The molecular formula is C27H42F3N3O8S2. The molecule has 2 aromatic rings. The Morgan fingerprint density at radius 2 is 1.51 bits per heavy atom. The van der Waals surface area contributed by atoms with Crippen LogP contribution in [0.25, 0.3) is 11.0 Å². The minimum absolute atomic E-state index is 0.170. The second kappa shape index (κ2) is 23.5. The first-order chi connectivity index (χ1) is 20.0. The first-order valence-corrected chi connectivity index (χ1v) is 15.1. The van der Waals surface area contributed by atoms with Gasteiger partial charge in [-0.1, -0.05) is 38.3 Å². The number of para-hydroxylation sites is 2. The molecule has 0 atom stereocenters. The van der Waals surface area contributed by atoms with Crippen LogP contribution >= 0.6 is 12.2 Å². The van der Waals surface area contributed by atoms with Crippen molar-refractivity contribution in [2.75, 3.05) is 26.9 Å². The van der Waals surface area contributed by atoms with Crippen molar-refractivity contribution in [2.24, 2.45) is 19.1 Å². The third kappa shape index (κ3) is 22.3. The van der Waals surface area contributed by atoms with Crippen LogP contribution < -0.4 is 4.57 Å². The normalized spacial score (nSPS) is 10.6. The smallest absolute Gasteiger partial charge is 0.495 e. The van der Waals surface area contributed by atoms with Crippen molar-refractivity contribution in [3.05, 3.63) is 30.1 Å². The summed E-state index contributed by atoms with van der Waals surface area (Å²) in [6.45, 7) is 6.84. The van der Waals surface area contributed by atoms with E-state index in [-0.39, 0.29) is 11.9 Å². The Balaban J connectivity index is 0. The molecular weight excluding hydrogens is 615 g/mol. The van der Waals surface area contributed by atoms with E-state index >= 15 is 0 Å². The molecule has 246 valence electrons. The van der Waals surface area contributed by atoms with Crippen LogP contribution in [0.4, 0.5) is 13.2 Å². The van der Waals surface area contributed by atoms with Crippen molar-refractivity contribution in [1.29, 1.82) is 0 Å². The highest BCUT2D eigenvalue weighted by Gasteiger charge is 2.45. The number of hydrogen-bond acceptors (Lipinski definition) is 10. The third-order valence-electron chi connectivity index (χ3n) is 5.28. The van der Waals surface area contributed by atoms with Crippen LogP contribution in [0.5, 0.6) is 0 Å². The zero-order valence-electron chi connectivity index (χ0n) is 25.4. The van der Waals surface area contributed by atoms with E-state index in [4.69, 9.17) is 9.47 Å². The zero-order valence-corrected chi connectivity index (χ0v) is 27.1. The van der Waals surface area contributed by atoms with Crippen molar-refractivity contribution in [3.8, 4) is 0 Å². The number of nitrogens with zero attached hydrogens (tertiary/aromatic N) is 3. The summed E-state index contributed by atoms with van der Waals surface area (Å²) in [6, 6.07) is 6.79. The summed E-state index contributed by atoms with van der Waals surface area (Å²) < 4.78 is 81.0. The molecule has 1 heterocycles. The maximum atomic E-state index is 12.7. The van der Waals surface area contributed by atoms with Gasteiger partial charge in [-0.05, 0) is 50.0 Å². The van der Waals surface area contributed by atoms with E-state index in [2.05, 4.69) is 33.5 Å². The Hall–Kier alpha value is -2.91. The van der Waals surface area contributed by atoms with Gasteiger partial charge in [0.15, 0.2) is 11.0 Å². The van der Waals surface area contributed by atoms with Gasteiger partial charge in [-0.2, -0.15) is 13.2 Å². The lowest BCUT2D eigenvalue weighted by molar-refractivity contribution is -0.667. The topological polar surface area (TPSA) is 140 Å². The second-order valence-electron chi connectivity index (χ2n) is 8.78. The maximum absolute atomic E-state index is 12.7. The molecule has 0 aliphatic carbocycles. The van der Waals surface area contributed by atoms with E-state index in [1.54, 1.807) is 24.3 Å². The molecule has 2 rings (SSSR count). The number of benzene rings is 1. The van der Waals surface area contributed by atoms with Crippen molar-refractivity contribution in [2.45, 2.75) is 71.9 Å². The molecule has 0 bridgehead atoms. The number of rotatable bonds is 12. The Morgan fingerprint density at radius 3 is 1.91 bits per heavy atom. The van der Waals surface area contributed by atoms with Gasteiger partial charge < -0.3 is 14.0 Å². The summed E-state index contributed by atoms with van der Waals surface area (Å²) >= 11 is 4.40. The van der Waals surface area contributed by atoms with Gasteiger partial charge in [0.2, 0.25) is 10.4 Å². The van der Waals surface area contributed by atoms with Gasteiger partial charge >= 0.3 is 23.9 Å². The molecule has 0 radical (unpaired) electrons. The molecule has 0 saturated heterocycles. The van der Waals surface area contributed by atoms with Crippen LogP contribution in [0.2, 0.25) is 0 Å². The Labute approximate surface area is 257 Å². The molecule has 0 fully saturated rings. The van der Waals surface area contributed by atoms with Crippen molar-refractivity contribution in [1.82, 2.24) is 4.57 Å². The Morgan fingerprint density at radius 1 is 1.02 bits per heavy atom. The predicted molar refractivity (Wildman–Crippen MR) is 157 cm³/mol. The first-order valence-electron chi connectivity index (χ1n) is 13.4. The van der Waals surface area contributed by atoms with E-state index in [9.17, 15) is 35.7 Å². The summed E-state index contributed by atoms with van der Waals surface area (Å²) in [5.41, 5.74) is 1.15. The number of fused-ring (bicyclic) bond motifs is 1. The standard InChI is InChI=1S/C10H10F3N2.C8H13NO2S.C8H16O2.CH4O4S/c1-14-7-5-3-4-6-8(7)15(2)9(14)10(11,12)13;1-8(10)11-6-4-2-3-5-9-7-12;1-3-4-5-6-7-10-8(2)9;1-5-6(2,3)4/h3-6H,1-2H3;2-6H2,1H3;3-7H2,1-2H3;1H3,(H,2,3,4)/q+1;;;/p-1. The molecule has 0 unspecified atom stereocenters. The number of imidazole rings is 1. The fourth-order valence-corrected chi connectivity index (χ4v) is 3.43. The van der Waals surface area contributed by atoms with Gasteiger partial charge in [0.1, 0.15) is 0 Å². The van der Waals surface area contributed by atoms with Crippen LogP contribution in [0.15, 0.2) is 29.3 Å². The number of hydrogen-bond donors (Lipinski definition) is 0. The lowest BCUT2D eigenvalue weighted by Gasteiger charge is -2.01. The van der Waals surface area contributed by atoms with E-state index in [0.717, 1.165) is 48.5 Å². The first kappa shape index (κ1) is 42.2. The van der Waals surface area contributed by atoms with Crippen LogP contribution in [0, 0.1) is 0 Å². The van der Waals surface area contributed by atoms with Crippen molar-refractivity contribution < 1.29 is 54.0 Å². The average molecular weight is 658 g/mol. The van der Waals surface area contributed by atoms with Crippen LogP contribution in [0.1, 0.15) is 71.5 Å². The number of isothiocyanates is 1. The van der Waals surface area contributed by atoms with E-state index in [0.29, 0.717) is 24.2 Å². The highest BCUT2D eigenvalue weighted by atomic mass is 32.3. The van der Waals surface area contributed by atoms with Gasteiger partial charge in [0.05, 0.1) is 39.6 Å². The largest absolute Gasteiger partial charge is 0.726 e. The number of unbranched alkanes of at least 4 members (excludes halogenated alkanes) is 5. The van der Waals surface area contributed by atoms with Crippen LogP contribution in [-0.2, 0) is 53.9 Å². The molecule has 16 heteroatoms. The van der Waals surface area contributed by atoms with Gasteiger partial charge in [-0.15, -0.1) is 0 Å². The highest BCUT2D eigenvalue weighted by molar-refractivity contribution is 7.80. The number of aliphatic imine (C=N–C) groups is 1. The fourth-order valence-electron chi connectivity index (χ4n) is 3.34. The molecule has 11 nitrogen and oxygen atoms in total. The summed E-state index contributed by atoms with van der Waals surface area (Å²) in [7, 11) is -0.761. The summed E-state index contributed by atoms with van der Waals surface area (Å²) in [5.74, 6) is -1.04. The Kier molecular flexibility index (Phi) is 23.1. The number of halogens is 3. The number of thiocarbonyl (C=S) groups is 1. The summed E-state index contributed by atoms with van der Waals surface area (Å²) in [5, 5.41) is 2.30. The van der Waals surface area contributed by atoms with Gasteiger partial charge in [-0.25, -0.2) is 22.5 Å². The SMILES string of the molecule is CC(=O)OCCCCCN=C=S.CCCCCCOC(C)=O.COS(=O)(=O)[O-].Cn1c(C(F)(F)F)[n+](C)c2ccccc21. The van der Waals surface area contributed by atoms with Gasteiger partial charge in [0, 0.05) is 20.4 Å². The molecule has 1 aromatic heterocycles. The van der Waals surface area contributed by atoms with Gasteiger partial charge in [0.25, 0.3) is 0 Å². The number of carbonyl (C=O) groups excluding carboxylic acids is 2. The number of ether oxygens (including phenoxy) is 2. The highest BCUT2D eigenvalue weighted by Crippen LogP contribution is 2.28.